The van der Waals surface area contributed by atoms with Crippen molar-refractivity contribution in [3.05, 3.63) is 57.5 Å². The van der Waals surface area contributed by atoms with Crippen LogP contribution in [0.4, 0.5) is 5.69 Å². The summed E-state index contributed by atoms with van der Waals surface area (Å²) in [5.41, 5.74) is 2.32. The molecule has 7 heteroatoms. The molecule has 3 rings (SSSR count). The van der Waals surface area contributed by atoms with E-state index in [4.69, 9.17) is 0 Å². The van der Waals surface area contributed by atoms with Crippen molar-refractivity contribution in [3.8, 4) is 6.07 Å². The van der Waals surface area contributed by atoms with Gasteiger partial charge in [-0.25, -0.2) is 4.68 Å². The van der Waals surface area contributed by atoms with Gasteiger partial charge in [-0.15, -0.1) is 0 Å². The van der Waals surface area contributed by atoms with Crippen LogP contribution >= 0.6 is 0 Å². The Morgan fingerprint density at radius 1 is 1.31 bits per heavy atom. The van der Waals surface area contributed by atoms with Crippen molar-refractivity contribution in [1.82, 2.24) is 14.7 Å². The molecule has 7 nitrogen and oxygen atoms in total. The van der Waals surface area contributed by atoms with Crippen molar-refractivity contribution >= 4 is 5.69 Å². The van der Waals surface area contributed by atoms with Crippen LogP contribution in [0.5, 0.6) is 0 Å². The number of likely N-dealkylation sites (N-methyl/N-ethyl adjacent to an activating group) is 1. The molecule has 1 aliphatic heterocycles. The molecule has 1 fully saturated rings. The highest BCUT2D eigenvalue weighted by Gasteiger charge is 2.27. The van der Waals surface area contributed by atoms with Gasteiger partial charge in [0.15, 0.2) is 0 Å². The van der Waals surface area contributed by atoms with E-state index in [-0.39, 0.29) is 18.2 Å². The molecule has 26 heavy (non-hydrogen) atoms. The standard InChI is InChI=1S/C19H23N5O2/c1-23-10-15(14-5-3-13(12-25)4-6-14)7-16(11-23)22-18-9-21-24(2)19(26)17(18)8-20/h3-6,9,15-16,22,25H,7,10-12H2,1-2H3/t15-,16+/m0/s1. The lowest BCUT2D eigenvalue weighted by Gasteiger charge is -2.36. The fourth-order valence-electron chi connectivity index (χ4n) is 3.54. The molecule has 0 saturated carbocycles. The first-order valence-corrected chi connectivity index (χ1v) is 8.63. The van der Waals surface area contributed by atoms with Crippen LogP contribution in [0.2, 0.25) is 0 Å². The third-order valence-corrected chi connectivity index (χ3v) is 4.88. The van der Waals surface area contributed by atoms with Crippen LogP contribution in [0.1, 0.15) is 29.0 Å². The number of benzene rings is 1. The van der Waals surface area contributed by atoms with Gasteiger partial charge in [0.2, 0.25) is 0 Å². The van der Waals surface area contributed by atoms with Gasteiger partial charge in [-0.1, -0.05) is 24.3 Å². The fourth-order valence-corrected chi connectivity index (χ4v) is 3.54. The molecular weight excluding hydrogens is 330 g/mol. The highest BCUT2D eigenvalue weighted by atomic mass is 16.3. The van der Waals surface area contributed by atoms with Gasteiger partial charge >= 0.3 is 0 Å². The molecule has 1 aromatic heterocycles. The molecule has 1 saturated heterocycles. The van der Waals surface area contributed by atoms with Crippen molar-refractivity contribution in [1.29, 1.82) is 5.26 Å². The summed E-state index contributed by atoms with van der Waals surface area (Å²) in [4.78, 5) is 14.3. The Kier molecular flexibility index (Phi) is 5.35. The van der Waals surface area contributed by atoms with E-state index in [1.807, 2.05) is 18.2 Å². The summed E-state index contributed by atoms with van der Waals surface area (Å²) in [6.45, 7) is 1.81. The number of rotatable bonds is 4. The number of aryl methyl sites for hydroxylation is 1. The number of hydrogen-bond donors (Lipinski definition) is 2. The summed E-state index contributed by atoms with van der Waals surface area (Å²) in [7, 11) is 3.60. The number of nitriles is 1. The summed E-state index contributed by atoms with van der Waals surface area (Å²) in [6, 6.07) is 10.1. The van der Waals surface area contributed by atoms with Gasteiger partial charge in [-0.2, -0.15) is 10.4 Å². The Morgan fingerprint density at radius 3 is 2.69 bits per heavy atom. The molecule has 2 aromatic rings. The molecule has 0 amide bonds. The van der Waals surface area contributed by atoms with E-state index in [2.05, 4.69) is 34.5 Å². The second-order valence-corrected chi connectivity index (χ2v) is 6.87. The number of aliphatic hydroxyl groups is 1. The summed E-state index contributed by atoms with van der Waals surface area (Å²) in [5, 5.41) is 25.9. The Balaban J connectivity index is 1.80. The van der Waals surface area contributed by atoms with E-state index >= 15 is 0 Å². The van der Waals surface area contributed by atoms with Crippen LogP contribution < -0.4 is 10.9 Å². The number of likely N-dealkylation sites (tertiary alicyclic amines) is 1. The predicted octanol–water partition coefficient (Wildman–Crippen LogP) is 1.04. The van der Waals surface area contributed by atoms with Crippen LogP contribution in [0, 0.1) is 11.3 Å². The summed E-state index contributed by atoms with van der Waals surface area (Å²) in [5.74, 6) is 0.337. The van der Waals surface area contributed by atoms with E-state index in [0.717, 1.165) is 25.1 Å². The molecule has 2 atom stereocenters. The minimum atomic E-state index is -0.391. The number of anilines is 1. The normalized spacial score (nSPS) is 20.5. The van der Waals surface area contributed by atoms with Crippen molar-refractivity contribution in [2.45, 2.75) is 25.0 Å². The van der Waals surface area contributed by atoms with E-state index in [1.54, 1.807) is 6.20 Å². The van der Waals surface area contributed by atoms with Gasteiger partial charge in [0.25, 0.3) is 5.56 Å². The fraction of sp³-hybridized carbons (Fsp3) is 0.421. The zero-order valence-corrected chi connectivity index (χ0v) is 15.0. The SMILES string of the molecule is CN1C[C@H](Nc2cnn(C)c(=O)c2C#N)C[C@H](c2ccc(CO)cc2)C1. The van der Waals surface area contributed by atoms with Crippen LogP contribution in [0.25, 0.3) is 0 Å². The van der Waals surface area contributed by atoms with E-state index < -0.39 is 5.56 Å². The molecule has 136 valence electrons. The number of nitrogens with zero attached hydrogens (tertiary/aromatic N) is 4. The van der Waals surface area contributed by atoms with Gasteiger partial charge in [0.05, 0.1) is 18.5 Å². The number of aromatic nitrogens is 2. The van der Waals surface area contributed by atoms with Gasteiger partial charge in [0.1, 0.15) is 11.6 Å². The first-order valence-electron chi connectivity index (χ1n) is 8.63. The number of aliphatic hydroxyl groups excluding tert-OH is 1. The van der Waals surface area contributed by atoms with Crippen molar-refractivity contribution in [2.75, 3.05) is 25.5 Å². The number of nitrogens with one attached hydrogen (secondary N) is 1. The largest absolute Gasteiger partial charge is 0.392 e. The first kappa shape index (κ1) is 18.1. The zero-order chi connectivity index (χ0) is 18.7. The van der Waals surface area contributed by atoms with Gasteiger partial charge in [-0.3, -0.25) is 4.79 Å². The molecule has 0 aliphatic carbocycles. The molecule has 2 heterocycles. The van der Waals surface area contributed by atoms with E-state index in [1.165, 1.54) is 17.3 Å². The third kappa shape index (κ3) is 3.77. The lowest BCUT2D eigenvalue weighted by atomic mass is 9.87. The van der Waals surface area contributed by atoms with Gasteiger partial charge in [-0.05, 0) is 30.5 Å². The molecule has 1 aromatic carbocycles. The lowest BCUT2D eigenvalue weighted by Crippen LogP contribution is -2.44. The second-order valence-electron chi connectivity index (χ2n) is 6.87. The minimum Gasteiger partial charge on any atom is -0.392 e. The molecule has 0 spiro atoms. The summed E-state index contributed by atoms with van der Waals surface area (Å²) in [6.07, 6.45) is 2.43. The van der Waals surface area contributed by atoms with Crippen LogP contribution in [-0.2, 0) is 13.7 Å². The average Bonchev–Trinajstić information content (AvgIpc) is 2.65. The quantitative estimate of drug-likeness (QED) is 0.853. The Hall–Kier alpha value is -2.69. The monoisotopic (exact) mass is 353 g/mol. The van der Waals surface area contributed by atoms with Crippen molar-refractivity contribution in [2.24, 2.45) is 7.05 Å². The van der Waals surface area contributed by atoms with Crippen molar-refractivity contribution in [3.63, 3.8) is 0 Å². The Morgan fingerprint density at radius 2 is 2.04 bits per heavy atom. The topological polar surface area (TPSA) is 94.2 Å². The molecule has 1 aliphatic rings. The van der Waals surface area contributed by atoms with E-state index in [9.17, 15) is 15.2 Å². The third-order valence-electron chi connectivity index (χ3n) is 4.88. The smallest absolute Gasteiger partial charge is 0.286 e. The average molecular weight is 353 g/mol. The maximum Gasteiger partial charge on any atom is 0.286 e. The van der Waals surface area contributed by atoms with Gasteiger partial charge in [0, 0.05) is 26.2 Å². The maximum atomic E-state index is 12.1. The zero-order valence-electron chi connectivity index (χ0n) is 15.0. The van der Waals surface area contributed by atoms with E-state index in [0.29, 0.717) is 11.6 Å². The lowest BCUT2D eigenvalue weighted by molar-refractivity contribution is 0.235. The number of piperidine rings is 1. The maximum absolute atomic E-state index is 12.1. The van der Waals surface area contributed by atoms with Crippen molar-refractivity contribution < 1.29 is 5.11 Å². The molecule has 0 bridgehead atoms. The Labute approximate surface area is 152 Å². The first-order chi connectivity index (χ1) is 12.5. The van der Waals surface area contributed by atoms with Crippen LogP contribution in [0.15, 0.2) is 35.3 Å². The van der Waals surface area contributed by atoms with Crippen LogP contribution in [-0.4, -0.2) is 46.0 Å². The highest BCUT2D eigenvalue weighted by molar-refractivity contribution is 5.55. The molecular formula is C19H23N5O2. The minimum absolute atomic E-state index is 0.0436. The molecule has 0 unspecified atom stereocenters. The molecule has 2 N–H and O–H groups in total. The van der Waals surface area contributed by atoms with Gasteiger partial charge < -0.3 is 15.3 Å². The predicted molar refractivity (Wildman–Crippen MR) is 98.8 cm³/mol. The van der Waals surface area contributed by atoms with Crippen LogP contribution in [0.3, 0.4) is 0 Å². The summed E-state index contributed by atoms with van der Waals surface area (Å²) >= 11 is 0. The Bertz CT molecular complexity index is 869. The second kappa shape index (κ2) is 7.68. The number of hydrogen-bond acceptors (Lipinski definition) is 6. The highest BCUT2D eigenvalue weighted by Crippen LogP contribution is 2.28. The molecule has 0 radical (unpaired) electrons. The summed E-state index contributed by atoms with van der Waals surface area (Å²) < 4.78 is 1.17.